The second-order valence-electron chi connectivity index (χ2n) is 6.54. The van der Waals surface area contributed by atoms with Gasteiger partial charge in [0.25, 0.3) is 0 Å². The summed E-state index contributed by atoms with van der Waals surface area (Å²) in [5, 5.41) is 0. The zero-order chi connectivity index (χ0) is 8.30. The van der Waals surface area contributed by atoms with Crippen molar-refractivity contribution in [2.75, 3.05) is 0 Å². The molecule has 0 aromatic rings. The van der Waals surface area contributed by atoms with E-state index in [9.17, 15) is 0 Å². The number of hydrogen-bond donors (Lipinski definition) is 0. The zero-order valence-corrected chi connectivity index (χ0v) is 8.30. The van der Waals surface area contributed by atoms with Crippen LogP contribution in [0.3, 0.4) is 0 Å². The van der Waals surface area contributed by atoms with E-state index in [0.29, 0.717) is 0 Å². The zero-order valence-electron chi connectivity index (χ0n) is 8.30. The fourth-order valence-electron chi connectivity index (χ4n) is 4.59. The van der Waals surface area contributed by atoms with Crippen molar-refractivity contribution in [1.82, 2.24) is 0 Å². The summed E-state index contributed by atoms with van der Waals surface area (Å²) in [4.78, 5) is 0. The first-order valence-corrected chi connectivity index (χ1v) is 5.59. The van der Waals surface area contributed by atoms with Crippen LogP contribution >= 0.6 is 0 Å². The Morgan fingerprint density at radius 3 is 1.50 bits per heavy atom. The van der Waals surface area contributed by atoms with E-state index in [4.69, 9.17) is 0 Å². The Labute approximate surface area is 74.7 Å². The number of hydrogen-bond acceptors (Lipinski definition) is 0. The molecule has 0 aromatic heterocycles. The Kier molecular flexibility index (Phi) is 0.703. The van der Waals surface area contributed by atoms with Gasteiger partial charge in [0, 0.05) is 0 Å². The fraction of sp³-hybridized carbons (Fsp3) is 1.00. The predicted molar refractivity (Wildman–Crippen MR) is 48.6 cm³/mol. The lowest BCUT2D eigenvalue weighted by atomic mass is 9.83. The van der Waals surface area contributed by atoms with E-state index in [0.717, 1.165) is 28.6 Å². The highest BCUT2D eigenvalue weighted by Gasteiger charge is 2.83. The third kappa shape index (κ3) is 0.459. The van der Waals surface area contributed by atoms with Gasteiger partial charge in [0.15, 0.2) is 0 Å². The second kappa shape index (κ2) is 1.31. The number of rotatable bonds is 2. The van der Waals surface area contributed by atoms with Crippen molar-refractivity contribution in [2.24, 2.45) is 40.4 Å². The van der Waals surface area contributed by atoms with E-state index in [2.05, 4.69) is 20.8 Å². The molecule has 4 fully saturated rings. The summed E-state index contributed by atoms with van der Waals surface area (Å²) in [6.07, 6.45) is 3.13. The molecule has 0 heterocycles. The van der Waals surface area contributed by atoms with Gasteiger partial charge in [-0.1, -0.05) is 20.8 Å². The van der Waals surface area contributed by atoms with Crippen LogP contribution in [0.25, 0.3) is 0 Å². The molecule has 12 heavy (non-hydrogen) atoms. The maximum Gasteiger partial charge on any atom is -0.0258 e. The van der Waals surface area contributed by atoms with Crippen LogP contribution in [0.1, 0.15) is 33.6 Å². The molecule has 4 saturated carbocycles. The molecular weight excluding hydrogens is 144 g/mol. The van der Waals surface area contributed by atoms with Gasteiger partial charge in [-0.2, -0.15) is 0 Å². The molecule has 0 nitrogen and oxygen atoms in total. The molecule has 0 heteroatoms. The summed E-state index contributed by atoms with van der Waals surface area (Å²) in [5.41, 5.74) is 1.73. The van der Waals surface area contributed by atoms with Crippen LogP contribution in [0.2, 0.25) is 0 Å². The minimum absolute atomic E-state index is 0.866. The average Bonchev–Trinajstić information content (AvgIpc) is 2.72. The van der Waals surface area contributed by atoms with Crippen molar-refractivity contribution in [3.63, 3.8) is 0 Å². The molecule has 6 unspecified atom stereocenters. The lowest BCUT2D eigenvalue weighted by Crippen LogP contribution is -2.15. The van der Waals surface area contributed by atoms with Gasteiger partial charge in [-0.15, -0.1) is 0 Å². The van der Waals surface area contributed by atoms with E-state index in [-0.39, 0.29) is 0 Å². The van der Waals surface area contributed by atoms with Crippen molar-refractivity contribution >= 4 is 0 Å². The molecule has 6 atom stereocenters. The van der Waals surface area contributed by atoms with Crippen LogP contribution < -0.4 is 0 Å². The van der Waals surface area contributed by atoms with Gasteiger partial charge < -0.3 is 0 Å². The van der Waals surface area contributed by atoms with E-state index in [1.807, 2.05) is 0 Å². The van der Waals surface area contributed by atoms with E-state index in [1.54, 1.807) is 12.8 Å². The number of fused-ring (bicyclic) bond motifs is 2. The summed E-state index contributed by atoms with van der Waals surface area (Å²) in [5.74, 6) is 5.75. The Morgan fingerprint density at radius 1 is 1.00 bits per heavy atom. The lowest BCUT2D eigenvalue weighted by Gasteiger charge is -2.21. The highest BCUT2D eigenvalue weighted by atomic mass is 14.9. The van der Waals surface area contributed by atoms with E-state index in [1.165, 1.54) is 11.8 Å². The van der Waals surface area contributed by atoms with Crippen LogP contribution in [-0.2, 0) is 0 Å². The van der Waals surface area contributed by atoms with Gasteiger partial charge in [-0.25, -0.2) is 0 Å². The van der Waals surface area contributed by atoms with Crippen LogP contribution in [-0.4, -0.2) is 0 Å². The Bertz CT molecular complexity index is 254. The van der Waals surface area contributed by atoms with Crippen molar-refractivity contribution in [3.8, 4) is 0 Å². The Hall–Kier alpha value is 0. The Balaban J connectivity index is 1.51. The topological polar surface area (TPSA) is 0 Å². The summed E-state index contributed by atoms with van der Waals surface area (Å²) in [6, 6.07) is 0. The molecular formula is C12H18. The quantitative estimate of drug-likeness (QED) is 0.585. The van der Waals surface area contributed by atoms with E-state index >= 15 is 0 Å². The summed E-state index contributed by atoms with van der Waals surface area (Å²) in [6.45, 7) is 7.55. The molecule has 0 aromatic carbocycles. The molecule has 0 radical (unpaired) electrons. The van der Waals surface area contributed by atoms with Crippen molar-refractivity contribution in [3.05, 3.63) is 0 Å². The molecule has 0 saturated heterocycles. The van der Waals surface area contributed by atoms with Crippen LogP contribution in [0.5, 0.6) is 0 Å². The maximum absolute atomic E-state index is 2.53. The standard InChI is InChI=1S/C12H18/c1-6(9-7-4-11(7,9)2)10-8-5-12(8,10)3/h6-10H,4-5H2,1-3H3. The minimum Gasteiger partial charge on any atom is -0.0619 e. The van der Waals surface area contributed by atoms with Crippen LogP contribution in [0, 0.1) is 40.4 Å². The predicted octanol–water partition coefficient (Wildman–Crippen LogP) is 2.93. The molecule has 0 spiro atoms. The molecule has 0 amide bonds. The molecule has 4 aliphatic rings. The lowest BCUT2D eigenvalue weighted by molar-refractivity contribution is 0.268. The van der Waals surface area contributed by atoms with Crippen molar-refractivity contribution < 1.29 is 0 Å². The van der Waals surface area contributed by atoms with Gasteiger partial charge in [-0.05, 0) is 53.3 Å². The highest BCUT2D eigenvalue weighted by Crippen LogP contribution is 2.89. The third-order valence-electron chi connectivity index (χ3n) is 6.00. The monoisotopic (exact) mass is 162 g/mol. The second-order valence-corrected chi connectivity index (χ2v) is 6.54. The maximum atomic E-state index is 2.53. The SMILES string of the molecule is CC(C1C2CC21C)C1C2CC21C. The van der Waals surface area contributed by atoms with Crippen molar-refractivity contribution in [2.45, 2.75) is 33.6 Å². The van der Waals surface area contributed by atoms with Crippen LogP contribution in [0.4, 0.5) is 0 Å². The smallest absolute Gasteiger partial charge is 0.0258 e. The van der Waals surface area contributed by atoms with Gasteiger partial charge in [0.2, 0.25) is 0 Å². The first-order valence-electron chi connectivity index (χ1n) is 5.59. The van der Waals surface area contributed by atoms with Gasteiger partial charge in [0.1, 0.15) is 0 Å². The molecule has 66 valence electrons. The largest absolute Gasteiger partial charge is 0.0619 e. The summed E-state index contributed by atoms with van der Waals surface area (Å²) >= 11 is 0. The first kappa shape index (κ1) is 6.45. The average molecular weight is 162 g/mol. The fourth-order valence-corrected chi connectivity index (χ4v) is 4.59. The van der Waals surface area contributed by atoms with Crippen molar-refractivity contribution in [1.29, 1.82) is 0 Å². The van der Waals surface area contributed by atoms with Gasteiger partial charge in [-0.3, -0.25) is 0 Å². The van der Waals surface area contributed by atoms with Crippen LogP contribution in [0.15, 0.2) is 0 Å². The normalized spacial score (nSPS) is 77.2. The van der Waals surface area contributed by atoms with Gasteiger partial charge >= 0.3 is 0 Å². The molecule has 0 N–H and O–H groups in total. The Morgan fingerprint density at radius 2 is 1.33 bits per heavy atom. The first-order chi connectivity index (χ1) is 5.59. The highest BCUT2D eigenvalue weighted by molar-refractivity contribution is 5.31. The third-order valence-corrected chi connectivity index (χ3v) is 6.00. The summed E-state index contributed by atoms with van der Waals surface area (Å²) in [7, 11) is 0. The molecule has 0 bridgehead atoms. The van der Waals surface area contributed by atoms with E-state index < -0.39 is 0 Å². The molecule has 4 aliphatic carbocycles. The summed E-state index contributed by atoms with van der Waals surface area (Å²) < 4.78 is 0. The molecule has 0 aliphatic heterocycles. The minimum atomic E-state index is 0.866. The molecule has 4 rings (SSSR count). The van der Waals surface area contributed by atoms with Gasteiger partial charge in [0.05, 0.1) is 0 Å².